The highest BCUT2D eigenvalue weighted by Gasteiger charge is 2.45. The van der Waals surface area contributed by atoms with Gasteiger partial charge < -0.3 is 26.4 Å². The molecule has 0 bridgehead atoms. The van der Waals surface area contributed by atoms with Gasteiger partial charge in [0, 0.05) is 12.5 Å². The maximum atomic E-state index is 12.2. The Balaban J connectivity index is 1.35. The smallest absolute Gasteiger partial charge is 0.362 e. The van der Waals surface area contributed by atoms with Gasteiger partial charge in [-0.25, -0.2) is 19.7 Å². The van der Waals surface area contributed by atoms with Gasteiger partial charge in [-0.2, -0.15) is 13.7 Å². The van der Waals surface area contributed by atoms with Crippen LogP contribution >= 0.6 is 0 Å². The third-order valence-electron chi connectivity index (χ3n) is 5.47. The number of nitrogens with one attached hydrogen (secondary N) is 1. The normalized spacial score (nSPS) is 22.8. The number of nitriles is 1. The summed E-state index contributed by atoms with van der Waals surface area (Å²) in [6.07, 6.45) is -3.39. The SMILES string of the molecule is N#Cc1cccc([C@@H](N)CC(=O)NS(=O)(=O)OC[C@H]2O[C@@H](n3cnc4c(N)ncnc43)[C@H](O)[C@@H]2O)c1. The van der Waals surface area contributed by atoms with Crippen LogP contribution in [0.25, 0.3) is 11.2 Å². The van der Waals surface area contributed by atoms with Crippen LogP contribution in [0.3, 0.4) is 0 Å². The Labute approximate surface area is 204 Å². The third kappa shape index (κ3) is 5.26. The zero-order valence-electron chi connectivity index (χ0n) is 18.5. The number of carbonyl (C=O) groups excluding carboxylic acids is 1. The van der Waals surface area contributed by atoms with E-state index in [9.17, 15) is 23.4 Å². The van der Waals surface area contributed by atoms with E-state index in [-0.39, 0.29) is 17.0 Å². The van der Waals surface area contributed by atoms with Crippen LogP contribution in [0.2, 0.25) is 0 Å². The first-order valence-electron chi connectivity index (χ1n) is 10.5. The molecule has 1 saturated heterocycles. The van der Waals surface area contributed by atoms with Gasteiger partial charge in [0.25, 0.3) is 0 Å². The minimum absolute atomic E-state index is 0.103. The van der Waals surface area contributed by atoms with Crippen LogP contribution in [0, 0.1) is 11.3 Å². The predicted octanol–water partition coefficient (Wildman–Crippen LogP) is -1.63. The maximum absolute atomic E-state index is 12.2. The minimum Gasteiger partial charge on any atom is -0.387 e. The minimum atomic E-state index is -4.60. The number of nitrogen functional groups attached to an aromatic ring is 1. The fraction of sp³-hybridized carbons (Fsp3) is 0.350. The monoisotopic (exact) mass is 518 g/mol. The molecule has 1 aliphatic rings. The van der Waals surface area contributed by atoms with Gasteiger partial charge in [0.2, 0.25) is 5.91 Å². The summed E-state index contributed by atoms with van der Waals surface area (Å²) in [5, 5.41) is 29.8. The average Bonchev–Trinajstić information content (AvgIpc) is 3.39. The van der Waals surface area contributed by atoms with E-state index >= 15 is 0 Å². The molecule has 16 heteroatoms. The predicted molar refractivity (Wildman–Crippen MR) is 121 cm³/mol. The second kappa shape index (κ2) is 10.1. The molecule has 3 heterocycles. The number of rotatable bonds is 8. The van der Waals surface area contributed by atoms with Crippen molar-refractivity contribution in [2.24, 2.45) is 5.73 Å². The van der Waals surface area contributed by atoms with Crippen molar-refractivity contribution in [3.63, 3.8) is 0 Å². The number of aliphatic hydroxyl groups is 2. The molecular weight excluding hydrogens is 496 g/mol. The molecule has 0 aliphatic carbocycles. The van der Waals surface area contributed by atoms with Crippen molar-refractivity contribution in [2.45, 2.75) is 37.0 Å². The molecule has 5 atom stereocenters. The summed E-state index contributed by atoms with van der Waals surface area (Å²) < 4.78 is 37.9. The quantitative estimate of drug-likeness (QED) is 0.225. The van der Waals surface area contributed by atoms with Crippen molar-refractivity contribution < 1.29 is 32.3 Å². The topological polar surface area (TPSA) is 242 Å². The van der Waals surface area contributed by atoms with Gasteiger partial charge in [-0.05, 0) is 17.7 Å². The fourth-order valence-corrected chi connectivity index (χ4v) is 4.41. The summed E-state index contributed by atoms with van der Waals surface area (Å²) in [4.78, 5) is 24.1. The van der Waals surface area contributed by atoms with Crippen molar-refractivity contribution in [2.75, 3.05) is 12.3 Å². The molecule has 1 amide bonds. The molecule has 0 unspecified atom stereocenters. The van der Waals surface area contributed by atoms with Gasteiger partial charge in [-0.1, -0.05) is 12.1 Å². The van der Waals surface area contributed by atoms with E-state index in [0.717, 1.165) is 0 Å². The summed E-state index contributed by atoms with van der Waals surface area (Å²) in [6, 6.07) is 7.33. The van der Waals surface area contributed by atoms with Crippen LogP contribution in [0.1, 0.15) is 29.8 Å². The van der Waals surface area contributed by atoms with E-state index in [1.165, 1.54) is 23.3 Å². The molecule has 7 N–H and O–H groups in total. The second-order valence-electron chi connectivity index (χ2n) is 7.94. The van der Waals surface area contributed by atoms with Crippen LogP contribution < -0.4 is 16.2 Å². The average molecular weight is 519 g/mol. The van der Waals surface area contributed by atoms with E-state index < -0.39 is 59.8 Å². The number of ether oxygens (including phenoxy) is 1. The van der Waals surface area contributed by atoms with E-state index in [2.05, 4.69) is 15.0 Å². The first kappa shape index (κ1) is 25.4. The summed E-state index contributed by atoms with van der Waals surface area (Å²) in [6.45, 7) is -0.711. The van der Waals surface area contributed by atoms with Crippen molar-refractivity contribution >= 4 is 33.2 Å². The van der Waals surface area contributed by atoms with E-state index in [0.29, 0.717) is 11.1 Å². The lowest BCUT2D eigenvalue weighted by Gasteiger charge is -2.16. The van der Waals surface area contributed by atoms with Gasteiger partial charge in [-0.3, -0.25) is 13.5 Å². The molecule has 0 radical (unpaired) electrons. The highest BCUT2D eigenvalue weighted by molar-refractivity contribution is 7.85. The molecule has 2 aromatic heterocycles. The Morgan fingerprint density at radius 2 is 2.08 bits per heavy atom. The van der Waals surface area contributed by atoms with Gasteiger partial charge in [0.1, 0.15) is 30.2 Å². The van der Waals surface area contributed by atoms with Crippen molar-refractivity contribution in [1.82, 2.24) is 24.2 Å². The molecule has 3 aromatic rings. The Hall–Kier alpha value is -3.72. The first-order valence-corrected chi connectivity index (χ1v) is 11.9. The zero-order valence-corrected chi connectivity index (χ0v) is 19.3. The van der Waals surface area contributed by atoms with Crippen molar-refractivity contribution in [3.8, 4) is 6.07 Å². The molecule has 1 aromatic carbocycles. The molecule has 4 rings (SSSR count). The first-order chi connectivity index (χ1) is 17.1. The summed E-state index contributed by atoms with van der Waals surface area (Å²) in [7, 11) is -4.60. The Bertz CT molecular complexity index is 1420. The van der Waals surface area contributed by atoms with E-state index in [4.69, 9.17) is 25.6 Å². The van der Waals surface area contributed by atoms with Gasteiger partial charge >= 0.3 is 10.3 Å². The number of benzene rings is 1. The lowest BCUT2D eigenvalue weighted by atomic mass is 10.0. The van der Waals surface area contributed by atoms with E-state index in [1.54, 1.807) is 22.9 Å². The highest BCUT2D eigenvalue weighted by atomic mass is 32.2. The number of nitrogens with two attached hydrogens (primary N) is 2. The van der Waals surface area contributed by atoms with Crippen LogP contribution in [0.4, 0.5) is 5.82 Å². The summed E-state index contributed by atoms with van der Waals surface area (Å²) in [5.41, 5.74) is 13.0. The Morgan fingerprint density at radius 1 is 1.31 bits per heavy atom. The summed E-state index contributed by atoms with van der Waals surface area (Å²) >= 11 is 0. The zero-order chi connectivity index (χ0) is 26.0. The highest BCUT2D eigenvalue weighted by Crippen LogP contribution is 2.32. The number of aliphatic hydroxyl groups excluding tert-OH is 2. The number of imidazole rings is 1. The largest absolute Gasteiger partial charge is 0.387 e. The fourth-order valence-electron chi connectivity index (χ4n) is 3.68. The number of nitrogens with zero attached hydrogens (tertiary/aromatic N) is 5. The number of amides is 1. The second-order valence-corrected chi connectivity index (χ2v) is 9.29. The standard InChI is InChI=1S/C20H22N8O7S/c21-6-10-2-1-3-11(4-10)12(22)5-14(29)27-36(32,33)34-7-13-16(30)17(31)20(35-13)28-9-26-15-18(23)24-8-25-19(15)28/h1-4,8-9,12-13,16-17,20,30-31H,5,7,22H2,(H,27,29)(H2,23,24,25)/t12-,13+,16+,17+,20+/m0/s1. The van der Waals surface area contributed by atoms with Crippen LogP contribution in [-0.4, -0.2) is 69.0 Å². The van der Waals surface area contributed by atoms with Crippen molar-refractivity contribution in [3.05, 3.63) is 48.0 Å². The summed E-state index contributed by atoms with van der Waals surface area (Å²) in [5.74, 6) is -0.844. The number of hydrogen-bond donors (Lipinski definition) is 5. The van der Waals surface area contributed by atoms with Gasteiger partial charge in [0.05, 0.1) is 24.6 Å². The lowest BCUT2D eigenvalue weighted by Crippen LogP contribution is -2.38. The number of hydrogen-bond acceptors (Lipinski definition) is 13. The molecule has 36 heavy (non-hydrogen) atoms. The van der Waals surface area contributed by atoms with Crippen LogP contribution in [0.5, 0.6) is 0 Å². The number of aromatic nitrogens is 4. The van der Waals surface area contributed by atoms with Crippen LogP contribution in [0.15, 0.2) is 36.9 Å². The molecule has 1 aliphatic heterocycles. The molecular formula is C20H22N8O7S. The molecule has 15 nitrogen and oxygen atoms in total. The third-order valence-corrected chi connectivity index (χ3v) is 6.40. The van der Waals surface area contributed by atoms with Crippen LogP contribution in [-0.2, 0) is 24.0 Å². The van der Waals surface area contributed by atoms with Gasteiger partial charge in [0.15, 0.2) is 17.7 Å². The number of fused-ring (bicyclic) bond motifs is 1. The van der Waals surface area contributed by atoms with Gasteiger partial charge in [-0.15, -0.1) is 0 Å². The van der Waals surface area contributed by atoms with Crippen molar-refractivity contribution in [1.29, 1.82) is 5.26 Å². The number of anilines is 1. The van der Waals surface area contributed by atoms with E-state index in [1.807, 2.05) is 6.07 Å². The molecule has 1 fully saturated rings. The molecule has 0 saturated carbocycles. The number of carbonyl (C=O) groups is 1. The maximum Gasteiger partial charge on any atom is 0.362 e. The molecule has 0 spiro atoms. The molecule has 190 valence electrons. The Kier molecular flexibility index (Phi) is 7.12. The Morgan fingerprint density at radius 3 is 2.83 bits per heavy atom. The lowest BCUT2D eigenvalue weighted by molar-refractivity contribution is -0.119.